The fraction of sp³-hybridized carbons (Fsp3) is 0.778. The van der Waals surface area contributed by atoms with Crippen LogP contribution in [0, 0.1) is 0 Å². The van der Waals surface area contributed by atoms with Crippen LogP contribution >= 0.6 is 0 Å². The average molecular weight is 170 g/mol. The summed E-state index contributed by atoms with van der Waals surface area (Å²) < 4.78 is 0. The van der Waals surface area contributed by atoms with E-state index < -0.39 is 0 Å². The Morgan fingerprint density at radius 3 is 2.67 bits per heavy atom. The normalized spacial score (nSPS) is 9.42. The Bertz CT molecular complexity index is 134. The van der Waals surface area contributed by atoms with Crippen molar-refractivity contribution < 1.29 is 9.59 Å². The van der Waals surface area contributed by atoms with E-state index in [-0.39, 0.29) is 12.3 Å². The maximum Gasteiger partial charge on any atom is 0.227 e. The molecule has 69 valence electrons. The molecule has 0 rings (SSSR count). The fourth-order valence-electron chi connectivity index (χ4n) is 0.908. The van der Waals surface area contributed by atoms with Gasteiger partial charge in [-0.1, -0.05) is 26.2 Å². The summed E-state index contributed by atoms with van der Waals surface area (Å²) in [5, 5.41) is 2.64. The van der Waals surface area contributed by atoms with Crippen molar-refractivity contribution in [1.82, 2.24) is 5.32 Å². The summed E-state index contributed by atoms with van der Waals surface area (Å²) in [6.07, 6.45) is 5.96. The monoisotopic (exact) mass is 170 g/mol. The van der Waals surface area contributed by atoms with Crippen LogP contribution in [0.1, 0.15) is 39.0 Å². The molecule has 1 amide bonds. The van der Waals surface area contributed by atoms with Crippen LogP contribution in [-0.4, -0.2) is 18.7 Å². The zero-order valence-electron chi connectivity index (χ0n) is 7.56. The number of hydrogen-bond donors (Lipinski definition) is 1. The zero-order valence-corrected chi connectivity index (χ0v) is 7.56. The van der Waals surface area contributed by atoms with E-state index in [1.807, 2.05) is 0 Å². The first-order valence-corrected chi connectivity index (χ1v) is 4.43. The quantitative estimate of drug-likeness (QED) is 0.460. The number of amides is 1. The lowest BCUT2D eigenvalue weighted by Gasteiger charge is -2.01. The van der Waals surface area contributed by atoms with Crippen molar-refractivity contribution in [3.05, 3.63) is 0 Å². The molecule has 1 N–H and O–H groups in total. The van der Waals surface area contributed by atoms with Gasteiger partial charge in [0.15, 0.2) is 0 Å². The third kappa shape index (κ3) is 7.25. The van der Waals surface area contributed by atoms with Crippen molar-refractivity contribution in [1.29, 1.82) is 0 Å². The van der Waals surface area contributed by atoms with Crippen molar-refractivity contribution in [2.24, 2.45) is 0 Å². The van der Waals surface area contributed by atoms with Crippen molar-refractivity contribution in [3.63, 3.8) is 0 Å². The molecule has 3 nitrogen and oxygen atoms in total. The van der Waals surface area contributed by atoms with E-state index in [4.69, 9.17) is 0 Å². The van der Waals surface area contributed by atoms with Gasteiger partial charge in [0.1, 0.15) is 0 Å². The highest BCUT2D eigenvalue weighted by molar-refractivity contribution is 5.88. The number of unbranched alkanes of at least 4 members (excludes halogenated alkanes) is 3. The lowest BCUT2D eigenvalue weighted by atomic mass is 10.2. The van der Waals surface area contributed by atoms with E-state index in [1.54, 1.807) is 6.29 Å². The van der Waals surface area contributed by atoms with Crippen LogP contribution in [0.4, 0.5) is 0 Å². The Kier molecular flexibility index (Phi) is 7.65. The summed E-state index contributed by atoms with van der Waals surface area (Å²) in [6, 6.07) is 0. The SMILES string of the molecule is CCCCCCNC(=O)C[C]=O. The highest BCUT2D eigenvalue weighted by Crippen LogP contribution is 1.96. The molecule has 0 bridgehead atoms. The summed E-state index contributed by atoms with van der Waals surface area (Å²) >= 11 is 0. The van der Waals surface area contributed by atoms with Gasteiger partial charge in [-0.2, -0.15) is 0 Å². The second kappa shape index (κ2) is 8.24. The Hall–Kier alpha value is -0.860. The molecular formula is C9H16NO2. The lowest BCUT2D eigenvalue weighted by molar-refractivity contribution is -0.119. The minimum atomic E-state index is -0.221. The molecule has 0 atom stereocenters. The van der Waals surface area contributed by atoms with Crippen molar-refractivity contribution in [3.8, 4) is 0 Å². The Labute approximate surface area is 73.5 Å². The number of nitrogens with one attached hydrogen (secondary N) is 1. The Morgan fingerprint density at radius 2 is 2.08 bits per heavy atom. The van der Waals surface area contributed by atoms with Gasteiger partial charge in [-0.15, -0.1) is 0 Å². The van der Waals surface area contributed by atoms with Crippen molar-refractivity contribution in [2.45, 2.75) is 39.0 Å². The maximum absolute atomic E-state index is 10.7. The predicted molar refractivity (Wildman–Crippen MR) is 47.5 cm³/mol. The van der Waals surface area contributed by atoms with Crippen LogP contribution in [0.3, 0.4) is 0 Å². The fourth-order valence-corrected chi connectivity index (χ4v) is 0.908. The van der Waals surface area contributed by atoms with Crippen LogP contribution in [0.15, 0.2) is 0 Å². The summed E-state index contributed by atoms with van der Waals surface area (Å²) in [4.78, 5) is 20.5. The topological polar surface area (TPSA) is 46.2 Å². The largest absolute Gasteiger partial charge is 0.356 e. The van der Waals surface area contributed by atoms with Crippen LogP contribution < -0.4 is 5.32 Å². The van der Waals surface area contributed by atoms with Gasteiger partial charge < -0.3 is 5.32 Å². The molecule has 0 aliphatic heterocycles. The summed E-state index contributed by atoms with van der Waals surface area (Å²) in [6.45, 7) is 2.82. The van der Waals surface area contributed by atoms with Gasteiger partial charge in [-0.05, 0) is 6.42 Å². The third-order valence-electron chi connectivity index (χ3n) is 1.59. The van der Waals surface area contributed by atoms with E-state index in [2.05, 4.69) is 12.2 Å². The molecule has 3 heteroatoms. The highest BCUT2D eigenvalue weighted by Gasteiger charge is 1.97. The smallest absolute Gasteiger partial charge is 0.227 e. The zero-order chi connectivity index (χ0) is 9.23. The lowest BCUT2D eigenvalue weighted by Crippen LogP contribution is -2.24. The molecule has 0 saturated heterocycles. The van der Waals surface area contributed by atoms with Crippen LogP contribution in [0.25, 0.3) is 0 Å². The molecule has 0 aliphatic carbocycles. The molecule has 0 aromatic carbocycles. The summed E-state index contributed by atoms with van der Waals surface area (Å²) in [5.74, 6) is -0.221. The first kappa shape index (κ1) is 11.1. The molecule has 0 aromatic rings. The molecule has 0 heterocycles. The molecule has 1 radical (unpaired) electrons. The van der Waals surface area contributed by atoms with E-state index in [9.17, 15) is 9.59 Å². The number of rotatable bonds is 7. The molecule has 0 aromatic heterocycles. The van der Waals surface area contributed by atoms with E-state index in [1.165, 1.54) is 12.8 Å². The van der Waals surface area contributed by atoms with Crippen LogP contribution in [0.5, 0.6) is 0 Å². The van der Waals surface area contributed by atoms with E-state index >= 15 is 0 Å². The Balaban J connectivity index is 3.08. The molecule has 0 saturated carbocycles. The number of carbonyl (C=O) groups excluding carboxylic acids is 2. The van der Waals surface area contributed by atoms with Gasteiger partial charge in [0, 0.05) is 6.54 Å². The second-order valence-corrected chi connectivity index (χ2v) is 2.73. The van der Waals surface area contributed by atoms with Gasteiger partial charge in [-0.25, -0.2) is 0 Å². The highest BCUT2D eigenvalue weighted by atomic mass is 16.2. The molecule has 0 unspecified atom stereocenters. The average Bonchev–Trinajstić information content (AvgIpc) is 2.05. The van der Waals surface area contributed by atoms with Gasteiger partial charge in [0.2, 0.25) is 12.2 Å². The van der Waals surface area contributed by atoms with Gasteiger partial charge in [0.25, 0.3) is 0 Å². The number of carbonyl (C=O) groups is 1. The Morgan fingerprint density at radius 1 is 1.33 bits per heavy atom. The predicted octanol–water partition coefficient (Wildman–Crippen LogP) is 1.18. The third-order valence-corrected chi connectivity index (χ3v) is 1.59. The molecule has 0 spiro atoms. The van der Waals surface area contributed by atoms with E-state index in [0.717, 1.165) is 12.8 Å². The van der Waals surface area contributed by atoms with Crippen molar-refractivity contribution >= 4 is 12.2 Å². The van der Waals surface area contributed by atoms with Gasteiger partial charge in [0.05, 0.1) is 6.42 Å². The maximum atomic E-state index is 10.7. The van der Waals surface area contributed by atoms with Gasteiger partial charge in [-0.3, -0.25) is 9.59 Å². The van der Waals surface area contributed by atoms with Crippen LogP contribution in [-0.2, 0) is 9.59 Å². The molecule has 0 aliphatic rings. The van der Waals surface area contributed by atoms with E-state index in [0.29, 0.717) is 6.54 Å². The number of hydrogen-bond acceptors (Lipinski definition) is 2. The summed E-state index contributed by atoms with van der Waals surface area (Å²) in [7, 11) is 0. The molecular weight excluding hydrogens is 154 g/mol. The molecule has 0 fully saturated rings. The minimum Gasteiger partial charge on any atom is -0.356 e. The minimum absolute atomic E-state index is 0.131. The first-order valence-electron chi connectivity index (χ1n) is 4.43. The first-order chi connectivity index (χ1) is 5.81. The molecule has 12 heavy (non-hydrogen) atoms. The van der Waals surface area contributed by atoms with Crippen LogP contribution in [0.2, 0.25) is 0 Å². The van der Waals surface area contributed by atoms with Gasteiger partial charge >= 0.3 is 0 Å². The summed E-state index contributed by atoms with van der Waals surface area (Å²) in [5.41, 5.74) is 0. The van der Waals surface area contributed by atoms with Crippen molar-refractivity contribution in [2.75, 3.05) is 6.54 Å². The second-order valence-electron chi connectivity index (χ2n) is 2.73. The standard InChI is InChI=1S/C9H16NO2/c1-2-3-4-5-7-10-9(12)6-8-11/h2-7H2,1H3,(H,10,12).